The number of carbonyl (C=O) groups excluding carboxylic acids is 1. The van der Waals surface area contributed by atoms with Gasteiger partial charge in [0, 0.05) is 29.1 Å². The van der Waals surface area contributed by atoms with E-state index in [1.807, 2.05) is 6.92 Å². The third kappa shape index (κ3) is 4.63. The molecule has 2 rings (SSSR count). The zero-order valence-electron chi connectivity index (χ0n) is 13.8. The molecule has 1 heterocycles. The molecule has 1 fully saturated rings. The summed E-state index contributed by atoms with van der Waals surface area (Å²) in [6.07, 6.45) is 1.07. The number of sulfonamides is 1. The van der Waals surface area contributed by atoms with E-state index in [0.29, 0.717) is 36.0 Å². The first-order valence-electron chi connectivity index (χ1n) is 7.97. The van der Waals surface area contributed by atoms with Crippen LogP contribution in [0.25, 0.3) is 0 Å². The van der Waals surface area contributed by atoms with Crippen LogP contribution < -0.4 is 5.32 Å². The normalized spacial score (nSPS) is 18.3. The number of hydrogen-bond acceptors (Lipinski definition) is 3. The predicted octanol–water partition coefficient (Wildman–Crippen LogP) is 3.23. The summed E-state index contributed by atoms with van der Waals surface area (Å²) in [5.74, 6) is -0.153. The lowest BCUT2D eigenvalue weighted by atomic mass is 9.96. The minimum absolute atomic E-state index is 0.0675. The minimum atomic E-state index is -3.17. The molecule has 1 N–H and O–H groups in total. The van der Waals surface area contributed by atoms with Crippen LogP contribution in [0.4, 0.5) is 0 Å². The first-order chi connectivity index (χ1) is 11.2. The number of nitrogens with zero attached hydrogens (tertiary/aromatic N) is 1. The van der Waals surface area contributed by atoms with Crippen LogP contribution in [0, 0.1) is 5.92 Å². The second-order valence-electron chi connectivity index (χ2n) is 5.97. The molecule has 0 saturated carbocycles. The van der Waals surface area contributed by atoms with Crippen LogP contribution in [-0.2, 0) is 14.8 Å². The number of amides is 1. The third-order valence-corrected chi connectivity index (χ3v) is 6.81. The maximum absolute atomic E-state index is 12.4. The van der Waals surface area contributed by atoms with E-state index in [1.54, 1.807) is 25.1 Å². The van der Waals surface area contributed by atoms with Gasteiger partial charge in [-0.05, 0) is 44.4 Å². The average Bonchev–Trinajstić information content (AvgIpc) is 2.54. The molecule has 1 amide bonds. The Hall–Kier alpha value is -0.820. The minimum Gasteiger partial charge on any atom is -0.349 e. The van der Waals surface area contributed by atoms with Gasteiger partial charge in [-0.15, -0.1) is 0 Å². The number of rotatable bonds is 5. The van der Waals surface area contributed by atoms with Crippen LogP contribution in [0.5, 0.6) is 0 Å². The molecule has 8 heteroatoms. The molecule has 24 heavy (non-hydrogen) atoms. The van der Waals surface area contributed by atoms with E-state index in [9.17, 15) is 13.2 Å². The Kier molecular flexibility index (Phi) is 6.53. The van der Waals surface area contributed by atoms with Crippen molar-refractivity contribution in [3.8, 4) is 0 Å². The molecule has 1 atom stereocenters. The molecule has 1 aromatic rings. The first-order valence-corrected chi connectivity index (χ1v) is 10.3. The van der Waals surface area contributed by atoms with Crippen molar-refractivity contribution in [2.75, 3.05) is 18.8 Å². The van der Waals surface area contributed by atoms with E-state index in [1.165, 1.54) is 4.31 Å². The molecule has 0 spiro atoms. The second-order valence-corrected chi connectivity index (χ2v) is 9.07. The van der Waals surface area contributed by atoms with Gasteiger partial charge in [0.25, 0.3) is 0 Å². The highest BCUT2D eigenvalue weighted by Gasteiger charge is 2.30. The summed E-state index contributed by atoms with van der Waals surface area (Å²) in [5.41, 5.74) is 0.806. The molecule has 5 nitrogen and oxygen atoms in total. The van der Waals surface area contributed by atoms with Gasteiger partial charge in [-0.3, -0.25) is 4.79 Å². The van der Waals surface area contributed by atoms with Gasteiger partial charge in [0.15, 0.2) is 0 Å². The summed E-state index contributed by atoms with van der Waals surface area (Å²) >= 11 is 12.1. The lowest BCUT2D eigenvalue weighted by molar-refractivity contribution is -0.126. The predicted molar refractivity (Wildman–Crippen MR) is 96.8 cm³/mol. The van der Waals surface area contributed by atoms with Crippen LogP contribution in [-0.4, -0.2) is 37.5 Å². The maximum Gasteiger partial charge on any atom is 0.223 e. The van der Waals surface area contributed by atoms with Gasteiger partial charge in [0.2, 0.25) is 15.9 Å². The summed E-state index contributed by atoms with van der Waals surface area (Å²) in [5, 5.41) is 4.02. The molecule has 0 radical (unpaired) electrons. The van der Waals surface area contributed by atoms with Crippen LogP contribution in [0.2, 0.25) is 10.0 Å². The molecular formula is C16H22Cl2N2O3S. The summed E-state index contributed by atoms with van der Waals surface area (Å²) in [6, 6.07) is 4.94. The zero-order valence-corrected chi connectivity index (χ0v) is 16.1. The summed E-state index contributed by atoms with van der Waals surface area (Å²) in [4.78, 5) is 12.4. The SMILES string of the molecule is CCS(=O)(=O)N1CCC(C(=O)NC(C)c2ccc(Cl)cc2Cl)CC1. The summed E-state index contributed by atoms with van der Waals surface area (Å²) in [7, 11) is -3.17. The molecule has 0 aromatic heterocycles. The number of nitrogens with one attached hydrogen (secondary N) is 1. The van der Waals surface area contributed by atoms with Gasteiger partial charge < -0.3 is 5.32 Å². The van der Waals surface area contributed by atoms with Crippen LogP contribution >= 0.6 is 23.2 Å². The number of halogens is 2. The topological polar surface area (TPSA) is 66.5 Å². The van der Waals surface area contributed by atoms with E-state index in [-0.39, 0.29) is 23.6 Å². The lowest BCUT2D eigenvalue weighted by Gasteiger charge is -2.31. The van der Waals surface area contributed by atoms with Gasteiger partial charge in [0.05, 0.1) is 11.8 Å². The highest BCUT2D eigenvalue weighted by Crippen LogP contribution is 2.27. The quantitative estimate of drug-likeness (QED) is 0.835. The number of carbonyl (C=O) groups is 1. The van der Waals surface area contributed by atoms with Gasteiger partial charge in [-0.2, -0.15) is 0 Å². The fourth-order valence-corrected chi connectivity index (χ4v) is 4.54. The smallest absolute Gasteiger partial charge is 0.223 e. The van der Waals surface area contributed by atoms with Gasteiger partial charge >= 0.3 is 0 Å². The Morgan fingerprint density at radius 3 is 2.50 bits per heavy atom. The highest BCUT2D eigenvalue weighted by atomic mass is 35.5. The molecule has 1 aromatic carbocycles. The van der Waals surface area contributed by atoms with E-state index < -0.39 is 10.0 Å². The molecule has 0 bridgehead atoms. The Labute approximate surface area is 153 Å². The molecule has 1 aliphatic rings. The van der Waals surface area contributed by atoms with Crippen molar-refractivity contribution in [3.05, 3.63) is 33.8 Å². The Balaban J connectivity index is 1.94. The molecular weight excluding hydrogens is 371 g/mol. The summed E-state index contributed by atoms with van der Waals surface area (Å²) < 4.78 is 25.2. The molecule has 1 unspecified atom stereocenters. The Morgan fingerprint density at radius 2 is 1.96 bits per heavy atom. The second kappa shape index (κ2) is 8.04. The van der Waals surface area contributed by atoms with Gasteiger partial charge in [0.1, 0.15) is 0 Å². The van der Waals surface area contributed by atoms with Crippen LogP contribution in [0.15, 0.2) is 18.2 Å². The van der Waals surface area contributed by atoms with Crippen molar-refractivity contribution >= 4 is 39.1 Å². The van der Waals surface area contributed by atoms with Crippen molar-refractivity contribution in [2.24, 2.45) is 5.92 Å². The monoisotopic (exact) mass is 392 g/mol. The standard InChI is InChI=1S/C16H22Cl2N2O3S/c1-3-24(22,23)20-8-6-12(7-9-20)16(21)19-11(2)14-5-4-13(17)10-15(14)18/h4-5,10-12H,3,6-9H2,1-2H3,(H,19,21). The van der Waals surface area contributed by atoms with Gasteiger partial charge in [-0.25, -0.2) is 12.7 Å². The van der Waals surface area contributed by atoms with Crippen LogP contribution in [0.1, 0.15) is 38.3 Å². The average molecular weight is 393 g/mol. The van der Waals surface area contributed by atoms with E-state index in [2.05, 4.69) is 5.32 Å². The lowest BCUT2D eigenvalue weighted by Crippen LogP contribution is -2.43. The molecule has 134 valence electrons. The molecule has 0 aliphatic carbocycles. The highest BCUT2D eigenvalue weighted by molar-refractivity contribution is 7.89. The van der Waals surface area contributed by atoms with E-state index in [4.69, 9.17) is 23.2 Å². The van der Waals surface area contributed by atoms with Gasteiger partial charge in [-0.1, -0.05) is 29.3 Å². The number of hydrogen-bond donors (Lipinski definition) is 1. The van der Waals surface area contributed by atoms with Crippen molar-refractivity contribution < 1.29 is 13.2 Å². The van der Waals surface area contributed by atoms with Crippen molar-refractivity contribution in [3.63, 3.8) is 0 Å². The Bertz CT molecular complexity index is 701. The largest absolute Gasteiger partial charge is 0.349 e. The zero-order chi connectivity index (χ0) is 17.9. The van der Waals surface area contributed by atoms with Crippen LogP contribution in [0.3, 0.4) is 0 Å². The van der Waals surface area contributed by atoms with Crippen molar-refractivity contribution in [1.29, 1.82) is 0 Å². The first kappa shape index (κ1) is 19.5. The fourth-order valence-electron chi connectivity index (χ4n) is 2.84. The van der Waals surface area contributed by atoms with Crippen molar-refractivity contribution in [2.45, 2.75) is 32.7 Å². The number of piperidine rings is 1. The van der Waals surface area contributed by atoms with E-state index >= 15 is 0 Å². The molecule has 1 saturated heterocycles. The summed E-state index contributed by atoms with van der Waals surface area (Å²) in [6.45, 7) is 4.28. The molecule has 1 aliphatic heterocycles. The Morgan fingerprint density at radius 1 is 1.33 bits per heavy atom. The fraction of sp³-hybridized carbons (Fsp3) is 0.562. The van der Waals surface area contributed by atoms with Crippen molar-refractivity contribution in [1.82, 2.24) is 9.62 Å². The number of benzene rings is 1. The maximum atomic E-state index is 12.4. The van der Waals surface area contributed by atoms with E-state index in [0.717, 1.165) is 5.56 Å². The third-order valence-electron chi connectivity index (χ3n) is 4.37.